The van der Waals surface area contributed by atoms with Crippen LogP contribution >= 0.6 is 11.6 Å². The molecule has 4 nitrogen and oxygen atoms in total. The number of nitrogen functional groups attached to an aromatic ring is 1. The first-order chi connectivity index (χ1) is 8.60. The van der Waals surface area contributed by atoms with E-state index < -0.39 is 0 Å². The fourth-order valence-corrected chi connectivity index (χ4v) is 2.68. The predicted molar refractivity (Wildman–Crippen MR) is 73.2 cm³/mol. The summed E-state index contributed by atoms with van der Waals surface area (Å²) in [7, 11) is 0. The number of aromatic nitrogens is 2. The Hall–Kier alpha value is -1.26. The average molecular weight is 268 g/mol. The van der Waals surface area contributed by atoms with E-state index in [0.29, 0.717) is 18.3 Å². The van der Waals surface area contributed by atoms with Gasteiger partial charge in [0, 0.05) is 10.6 Å². The smallest absolute Gasteiger partial charge is 0.124 e. The van der Waals surface area contributed by atoms with Gasteiger partial charge in [0.2, 0.25) is 0 Å². The fraction of sp³-hybridized carbons (Fsp3) is 0.462. The van der Waals surface area contributed by atoms with E-state index in [2.05, 4.69) is 18.1 Å². The molecule has 1 heterocycles. The lowest BCUT2D eigenvalue weighted by Crippen LogP contribution is -2.10. The highest BCUT2D eigenvalue weighted by atomic mass is 35.5. The van der Waals surface area contributed by atoms with Crippen molar-refractivity contribution in [2.24, 2.45) is 5.92 Å². The van der Waals surface area contributed by atoms with Gasteiger partial charge in [0.05, 0.1) is 19.3 Å². The molecular formula is C13H18ClN3O. The number of nitrogens with zero attached hydrogens (tertiary/aromatic N) is 2. The van der Waals surface area contributed by atoms with Crippen LogP contribution in [0.2, 0.25) is 0 Å². The normalized spacial score (nSPS) is 19.6. The number of aliphatic hydroxyl groups is 1. The molecule has 3 N–H and O–H groups in total. The third kappa shape index (κ3) is 2.94. The van der Waals surface area contributed by atoms with E-state index in [0.717, 1.165) is 23.4 Å². The maximum Gasteiger partial charge on any atom is 0.124 e. The number of aliphatic hydroxyl groups excluding tert-OH is 1. The SMILES string of the molecule is CC1=CC(Cl)=CC(Cc2cnn(CCO)c2N)C1. The number of allylic oxidation sites excluding steroid dienone is 4. The van der Waals surface area contributed by atoms with Crippen LogP contribution in [0.15, 0.2) is 29.0 Å². The Bertz CT molecular complexity index is 490. The van der Waals surface area contributed by atoms with Gasteiger partial charge in [-0.15, -0.1) is 0 Å². The lowest BCUT2D eigenvalue weighted by Gasteiger charge is -2.17. The summed E-state index contributed by atoms with van der Waals surface area (Å²) in [6.45, 7) is 2.56. The molecule has 1 atom stereocenters. The van der Waals surface area contributed by atoms with Gasteiger partial charge in [0.25, 0.3) is 0 Å². The first-order valence-corrected chi connectivity index (χ1v) is 6.43. The molecule has 2 rings (SSSR count). The minimum Gasteiger partial charge on any atom is -0.394 e. The van der Waals surface area contributed by atoms with Gasteiger partial charge in [-0.3, -0.25) is 0 Å². The van der Waals surface area contributed by atoms with Crippen molar-refractivity contribution >= 4 is 17.4 Å². The van der Waals surface area contributed by atoms with Crippen molar-refractivity contribution < 1.29 is 5.11 Å². The number of anilines is 1. The van der Waals surface area contributed by atoms with Crippen molar-refractivity contribution in [3.8, 4) is 0 Å². The Morgan fingerprint density at radius 2 is 2.39 bits per heavy atom. The van der Waals surface area contributed by atoms with Crippen LogP contribution in [0.3, 0.4) is 0 Å². The average Bonchev–Trinajstić information content (AvgIpc) is 2.61. The number of nitrogens with two attached hydrogens (primary N) is 1. The zero-order chi connectivity index (χ0) is 13.1. The molecule has 0 fully saturated rings. The maximum absolute atomic E-state index is 8.89. The minimum atomic E-state index is 0.0440. The van der Waals surface area contributed by atoms with Gasteiger partial charge in [-0.05, 0) is 31.8 Å². The number of hydrogen-bond donors (Lipinski definition) is 2. The lowest BCUT2D eigenvalue weighted by atomic mass is 9.90. The van der Waals surface area contributed by atoms with Gasteiger partial charge < -0.3 is 10.8 Å². The van der Waals surface area contributed by atoms with E-state index in [1.54, 1.807) is 10.9 Å². The van der Waals surface area contributed by atoms with Crippen LogP contribution in [0.4, 0.5) is 5.82 Å². The summed E-state index contributed by atoms with van der Waals surface area (Å²) in [5.41, 5.74) is 8.30. The maximum atomic E-state index is 8.89. The quantitative estimate of drug-likeness (QED) is 0.878. The summed E-state index contributed by atoms with van der Waals surface area (Å²) in [6, 6.07) is 0. The van der Waals surface area contributed by atoms with E-state index in [1.807, 2.05) is 6.08 Å². The molecule has 0 radical (unpaired) electrons. The van der Waals surface area contributed by atoms with Crippen molar-refractivity contribution in [3.63, 3.8) is 0 Å². The van der Waals surface area contributed by atoms with Crippen LogP contribution in [0.5, 0.6) is 0 Å². The molecule has 1 unspecified atom stereocenters. The fourth-order valence-electron chi connectivity index (χ4n) is 2.32. The molecule has 0 spiro atoms. The van der Waals surface area contributed by atoms with E-state index in [1.165, 1.54) is 5.57 Å². The van der Waals surface area contributed by atoms with Gasteiger partial charge in [0.15, 0.2) is 0 Å². The summed E-state index contributed by atoms with van der Waals surface area (Å²) in [4.78, 5) is 0. The van der Waals surface area contributed by atoms with Crippen LogP contribution in [0.1, 0.15) is 18.9 Å². The molecule has 0 saturated heterocycles. The van der Waals surface area contributed by atoms with Gasteiger partial charge in [-0.25, -0.2) is 4.68 Å². The molecule has 1 aliphatic rings. The molecule has 0 aliphatic heterocycles. The Morgan fingerprint density at radius 1 is 1.61 bits per heavy atom. The lowest BCUT2D eigenvalue weighted by molar-refractivity contribution is 0.270. The molecule has 5 heteroatoms. The van der Waals surface area contributed by atoms with Crippen LogP contribution in [0.25, 0.3) is 0 Å². The summed E-state index contributed by atoms with van der Waals surface area (Å²) >= 11 is 6.07. The highest BCUT2D eigenvalue weighted by Gasteiger charge is 2.16. The standard InChI is InChI=1S/C13H18ClN3O/c1-9-4-10(7-12(14)5-9)6-11-8-16-17(2-3-18)13(11)15/h5,7-8,10,18H,2-4,6,15H2,1H3. The molecule has 1 aromatic heterocycles. The monoisotopic (exact) mass is 267 g/mol. The molecule has 0 saturated carbocycles. The van der Waals surface area contributed by atoms with Crippen molar-refractivity contribution in [3.05, 3.63) is 34.5 Å². The molecule has 1 aromatic rings. The van der Waals surface area contributed by atoms with Crippen LogP contribution in [0, 0.1) is 5.92 Å². The van der Waals surface area contributed by atoms with Crippen LogP contribution in [-0.2, 0) is 13.0 Å². The van der Waals surface area contributed by atoms with Crippen molar-refractivity contribution in [2.45, 2.75) is 26.3 Å². The highest BCUT2D eigenvalue weighted by Crippen LogP contribution is 2.28. The zero-order valence-corrected chi connectivity index (χ0v) is 11.2. The first kappa shape index (κ1) is 13.2. The number of hydrogen-bond acceptors (Lipinski definition) is 3. The van der Waals surface area contributed by atoms with Crippen LogP contribution in [-0.4, -0.2) is 21.5 Å². The Morgan fingerprint density at radius 3 is 3.06 bits per heavy atom. The van der Waals surface area contributed by atoms with Gasteiger partial charge in [0.1, 0.15) is 5.82 Å². The minimum absolute atomic E-state index is 0.0440. The summed E-state index contributed by atoms with van der Waals surface area (Å²) in [5, 5.41) is 13.9. The van der Waals surface area contributed by atoms with Gasteiger partial charge >= 0.3 is 0 Å². The Balaban J connectivity index is 2.09. The largest absolute Gasteiger partial charge is 0.394 e. The second-order valence-corrected chi connectivity index (χ2v) is 5.15. The van der Waals surface area contributed by atoms with E-state index in [4.69, 9.17) is 22.4 Å². The summed E-state index contributed by atoms with van der Waals surface area (Å²) < 4.78 is 1.63. The van der Waals surface area contributed by atoms with E-state index in [-0.39, 0.29) is 6.61 Å². The topological polar surface area (TPSA) is 64.1 Å². The Labute approximate surface area is 112 Å². The molecule has 0 amide bonds. The first-order valence-electron chi connectivity index (χ1n) is 6.05. The predicted octanol–water partition coefficient (Wildman–Crippen LogP) is 2.09. The summed E-state index contributed by atoms with van der Waals surface area (Å²) in [6.07, 6.45) is 7.67. The molecule has 0 aromatic carbocycles. The van der Waals surface area contributed by atoms with Crippen molar-refractivity contribution in [2.75, 3.05) is 12.3 Å². The zero-order valence-electron chi connectivity index (χ0n) is 10.4. The summed E-state index contributed by atoms with van der Waals surface area (Å²) in [5.74, 6) is 1.01. The number of rotatable bonds is 4. The van der Waals surface area contributed by atoms with E-state index in [9.17, 15) is 0 Å². The second-order valence-electron chi connectivity index (χ2n) is 4.71. The van der Waals surface area contributed by atoms with Gasteiger partial charge in [-0.1, -0.05) is 23.3 Å². The van der Waals surface area contributed by atoms with Crippen LogP contribution < -0.4 is 5.73 Å². The molecule has 1 aliphatic carbocycles. The van der Waals surface area contributed by atoms with Crippen molar-refractivity contribution in [1.29, 1.82) is 0 Å². The number of halogens is 1. The highest BCUT2D eigenvalue weighted by molar-refractivity contribution is 6.31. The second kappa shape index (κ2) is 5.59. The van der Waals surface area contributed by atoms with Crippen molar-refractivity contribution in [1.82, 2.24) is 9.78 Å². The third-order valence-electron chi connectivity index (χ3n) is 3.12. The molecule has 0 bridgehead atoms. The molecule has 18 heavy (non-hydrogen) atoms. The van der Waals surface area contributed by atoms with E-state index >= 15 is 0 Å². The molecule has 98 valence electrons. The van der Waals surface area contributed by atoms with Gasteiger partial charge in [-0.2, -0.15) is 5.10 Å². The third-order valence-corrected chi connectivity index (χ3v) is 3.35. The molecular weight excluding hydrogens is 250 g/mol. The Kier molecular flexibility index (Phi) is 4.09.